The maximum Gasteiger partial charge on any atom is 0.291 e. The van der Waals surface area contributed by atoms with E-state index in [2.05, 4.69) is 10.3 Å². The number of halogens is 1. The van der Waals surface area contributed by atoms with E-state index in [0.29, 0.717) is 27.6 Å². The monoisotopic (exact) mass is 418 g/mol. The van der Waals surface area contributed by atoms with Crippen molar-refractivity contribution in [2.24, 2.45) is 0 Å². The molecule has 0 atom stereocenters. The molecule has 7 nitrogen and oxygen atoms in total. The number of furan rings is 1. The maximum atomic E-state index is 13.0. The molecule has 0 aliphatic heterocycles. The van der Waals surface area contributed by atoms with E-state index < -0.39 is 5.91 Å². The number of hydrogen-bond acceptors (Lipinski definition) is 4. The van der Waals surface area contributed by atoms with Crippen molar-refractivity contribution in [2.75, 3.05) is 5.32 Å². The van der Waals surface area contributed by atoms with Gasteiger partial charge in [0.1, 0.15) is 11.3 Å². The number of nitrogens with zero attached hydrogens (tertiary/aromatic N) is 3. The van der Waals surface area contributed by atoms with Gasteiger partial charge in [-0.2, -0.15) is 0 Å². The fraction of sp³-hybridized carbons (Fsp3) is 0.0455. The molecule has 4 aromatic heterocycles. The van der Waals surface area contributed by atoms with E-state index in [-0.39, 0.29) is 17.9 Å². The summed E-state index contributed by atoms with van der Waals surface area (Å²) in [5.41, 5.74) is 2.26. The predicted molar refractivity (Wildman–Crippen MR) is 114 cm³/mol. The Morgan fingerprint density at radius 3 is 2.80 bits per heavy atom. The van der Waals surface area contributed by atoms with Gasteiger partial charge in [-0.05, 0) is 54.6 Å². The van der Waals surface area contributed by atoms with Gasteiger partial charge in [0.25, 0.3) is 11.5 Å². The van der Waals surface area contributed by atoms with Crippen molar-refractivity contribution in [3.63, 3.8) is 0 Å². The first-order valence-corrected chi connectivity index (χ1v) is 9.58. The lowest BCUT2D eigenvalue weighted by atomic mass is 10.3. The van der Waals surface area contributed by atoms with Gasteiger partial charge in [-0.1, -0.05) is 17.7 Å². The Morgan fingerprint density at radius 2 is 1.93 bits per heavy atom. The van der Waals surface area contributed by atoms with E-state index in [1.807, 2.05) is 28.8 Å². The van der Waals surface area contributed by atoms with Crippen LogP contribution in [0.25, 0.3) is 16.7 Å². The van der Waals surface area contributed by atoms with E-state index >= 15 is 0 Å². The average Bonchev–Trinajstić information content (AvgIpc) is 3.41. The minimum absolute atomic E-state index is 0.138. The van der Waals surface area contributed by atoms with E-state index in [9.17, 15) is 9.59 Å². The van der Waals surface area contributed by atoms with Crippen LogP contribution in [0.1, 0.15) is 16.3 Å². The summed E-state index contributed by atoms with van der Waals surface area (Å²) in [5.74, 6) is 0.205. The Morgan fingerprint density at radius 1 is 1.07 bits per heavy atom. The van der Waals surface area contributed by atoms with Crippen molar-refractivity contribution < 1.29 is 9.21 Å². The summed E-state index contributed by atoms with van der Waals surface area (Å²) in [6, 6.07) is 17.4. The molecule has 4 heterocycles. The third kappa shape index (κ3) is 3.15. The number of benzene rings is 1. The smallest absolute Gasteiger partial charge is 0.291 e. The Hall–Kier alpha value is -3.84. The molecular formula is C22H15ClN4O3. The molecule has 0 bridgehead atoms. The van der Waals surface area contributed by atoms with Gasteiger partial charge in [0.2, 0.25) is 0 Å². The van der Waals surface area contributed by atoms with Crippen LogP contribution in [0.5, 0.6) is 0 Å². The average molecular weight is 419 g/mol. The van der Waals surface area contributed by atoms with Crippen LogP contribution in [-0.2, 0) is 6.54 Å². The van der Waals surface area contributed by atoms with Gasteiger partial charge < -0.3 is 14.1 Å². The molecule has 5 aromatic rings. The minimum Gasteiger partial charge on any atom is -0.454 e. The molecule has 1 N–H and O–H groups in total. The normalized spacial score (nSPS) is 11.2. The third-order valence-corrected chi connectivity index (χ3v) is 5.01. The zero-order valence-electron chi connectivity index (χ0n) is 15.6. The van der Waals surface area contributed by atoms with Crippen molar-refractivity contribution in [2.45, 2.75) is 6.54 Å². The molecule has 1 amide bonds. The quantitative estimate of drug-likeness (QED) is 0.474. The number of carbonyl (C=O) groups is 1. The van der Waals surface area contributed by atoms with Gasteiger partial charge in [0, 0.05) is 23.1 Å². The number of aromatic nitrogens is 3. The highest BCUT2D eigenvalue weighted by Gasteiger charge is 2.15. The van der Waals surface area contributed by atoms with Gasteiger partial charge >= 0.3 is 0 Å². The summed E-state index contributed by atoms with van der Waals surface area (Å²) in [6.07, 6.45) is 3.47. The van der Waals surface area contributed by atoms with E-state index in [4.69, 9.17) is 16.0 Å². The van der Waals surface area contributed by atoms with Crippen molar-refractivity contribution in [3.8, 4) is 0 Å². The first-order valence-electron chi connectivity index (χ1n) is 9.20. The summed E-state index contributed by atoms with van der Waals surface area (Å²) >= 11 is 5.95. The molecule has 0 unspecified atom stereocenters. The number of carbonyl (C=O) groups excluding carboxylic acids is 1. The summed E-state index contributed by atoms with van der Waals surface area (Å²) in [4.78, 5) is 29.9. The number of rotatable bonds is 4. The molecule has 5 rings (SSSR count). The number of nitrogens with one attached hydrogen (secondary N) is 1. The lowest BCUT2D eigenvalue weighted by Gasteiger charge is -2.10. The SMILES string of the molecule is O=C(Nc1cccc(Cl)c1)c1ccc(Cn2c(=O)c3cccn3c3cccnc32)o1. The summed E-state index contributed by atoms with van der Waals surface area (Å²) in [6.45, 7) is 0.151. The fourth-order valence-electron chi connectivity index (χ4n) is 3.43. The molecule has 148 valence electrons. The molecule has 0 spiro atoms. The highest BCUT2D eigenvalue weighted by molar-refractivity contribution is 6.30. The van der Waals surface area contributed by atoms with E-state index in [1.54, 1.807) is 53.2 Å². The Labute approximate surface area is 175 Å². The molecule has 0 fully saturated rings. The van der Waals surface area contributed by atoms with Crippen LogP contribution >= 0.6 is 11.6 Å². The van der Waals surface area contributed by atoms with Crippen LogP contribution in [0.3, 0.4) is 0 Å². The summed E-state index contributed by atoms with van der Waals surface area (Å²) in [5, 5.41) is 3.26. The second-order valence-corrected chi connectivity index (χ2v) is 7.17. The number of anilines is 1. The molecule has 0 saturated carbocycles. The maximum absolute atomic E-state index is 13.0. The van der Waals surface area contributed by atoms with Crippen molar-refractivity contribution in [3.05, 3.63) is 100.0 Å². The van der Waals surface area contributed by atoms with Crippen LogP contribution in [0, 0.1) is 0 Å². The van der Waals surface area contributed by atoms with E-state index in [1.165, 1.54) is 0 Å². The highest BCUT2D eigenvalue weighted by atomic mass is 35.5. The van der Waals surface area contributed by atoms with Gasteiger partial charge in [0.15, 0.2) is 11.4 Å². The molecule has 30 heavy (non-hydrogen) atoms. The number of pyridine rings is 1. The summed E-state index contributed by atoms with van der Waals surface area (Å²) < 4.78 is 9.07. The Kier molecular flexibility index (Phi) is 4.37. The minimum atomic E-state index is -0.402. The largest absolute Gasteiger partial charge is 0.454 e. The van der Waals surface area contributed by atoms with Crippen LogP contribution < -0.4 is 10.9 Å². The predicted octanol–water partition coefficient (Wildman–Crippen LogP) is 4.20. The van der Waals surface area contributed by atoms with Gasteiger partial charge in [0.05, 0.1) is 12.1 Å². The molecule has 0 aliphatic rings. The highest BCUT2D eigenvalue weighted by Crippen LogP contribution is 2.18. The fourth-order valence-corrected chi connectivity index (χ4v) is 3.62. The molecule has 0 aliphatic carbocycles. The lowest BCUT2D eigenvalue weighted by molar-refractivity contribution is 0.0995. The number of hydrogen-bond donors (Lipinski definition) is 1. The van der Waals surface area contributed by atoms with Crippen LogP contribution in [0.15, 0.2) is 82.3 Å². The van der Waals surface area contributed by atoms with Crippen molar-refractivity contribution in [1.29, 1.82) is 0 Å². The van der Waals surface area contributed by atoms with Gasteiger partial charge in [-0.25, -0.2) is 4.98 Å². The van der Waals surface area contributed by atoms with Crippen LogP contribution in [0.4, 0.5) is 5.69 Å². The lowest BCUT2D eigenvalue weighted by Crippen LogP contribution is -2.23. The number of fused-ring (bicyclic) bond motifs is 3. The van der Waals surface area contributed by atoms with Crippen LogP contribution in [0.2, 0.25) is 5.02 Å². The van der Waals surface area contributed by atoms with Crippen molar-refractivity contribution >= 4 is 39.9 Å². The van der Waals surface area contributed by atoms with Gasteiger partial charge in [-0.3, -0.25) is 14.2 Å². The standard InChI is InChI=1S/C22H15ClN4O3/c23-14-4-1-5-15(12-14)25-21(28)19-9-8-16(30-19)13-27-20-17(6-2-10-24-20)26-11-3-7-18(26)22(27)29/h1-12H,13H2,(H,25,28). The van der Waals surface area contributed by atoms with Gasteiger partial charge in [-0.15, -0.1) is 0 Å². The molecule has 1 aromatic carbocycles. The zero-order valence-corrected chi connectivity index (χ0v) is 16.3. The second-order valence-electron chi connectivity index (χ2n) is 6.73. The second kappa shape index (κ2) is 7.20. The number of amides is 1. The molecule has 8 heteroatoms. The van der Waals surface area contributed by atoms with Crippen molar-refractivity contribution in [1.82, 2.24) is 14.0 Å². The Balaban J connectivity index is 1.48. The first kappa shape index (κ1) is 18.2. The summed E-state index contributed by atoms with van der Waals surface area (Å²) in [7, 11) is 0. The van der Waals surface area contributed by atoms with Crippen LogP contribution in [-0.4, -0.2) is 19.9 Å². The molecular weight excluding hydrogens is 404 g/mol. The molecule has 0 radical (unpaired) electrons. The Bertz CT molecular complexity index is 1460. The van der Waals surface area contributed by atoms with E-state index in [0.717, 1.165) is 5.52 Å². The molecule has 0 saturated heterocycles. The third-order valence-electron chi connectivity index (χ3n) is 4.78. The first-order chi connectivity index (χ1) is 14.6. The topological polar surface area (TPSA) is 81.5 Å². The zero-order chi connectivity index (χ0) is 20.7.